The number of rotatable bonds is 6. The van der Waals surface area contributed by atoms with E-state index in [0.717, 1.165) is 16.7 Å². The molecule has 1 amide bonds. The highest BCUT2D eigenvalue weighted by Gasteiger charge is 2.29. The van der Waals surface area contributed by atoms with E-state index in [2.05, 4.69) is 0 Å². The smallest absolute Gasteiger partial charge is 0.252 e. The van der Waals surface area contributed by atoms with Gasteiger partial charge < -0.3 is 29.8 Å². The van der Waals surface area contributed by atoms with Gasteiger partial charge in [0.15, 0.2) is 11.5 Å². The van der Waals surface area contributed by atoms with E-state index in [4.69, 9.17) is 24.7 Å². The first-order chi connectivity index (χ1) is 13.9. The van der Waals surface area contributed by atoms with Crippen LogP contribution in [-0.4, -0.2) is 45.6 Å². The van der Waals surface area contributed by atoms with E-state index in [0.29, 0.717) is 41.4 Å². The van der Waals surface area contributed by atoms with E-state index < -0.39 is 12.0 Å². The highest BCUT2D eigenvalue weighted by Crippen LogP contribution is 2.47. The summed E-state index contributed by atoms with van der Waals surface area (Å²) in [5.74, 6) is 1.44. The van der Waals surface area contributed by atoms with Crippen LogP contribution in [0.25, 0.3) is 11.6 Å². The monoisotopic (exact) mass is 399 g/mol. The lowest BCUT2D eigenvalue weighted by atomic mass is 9.83. The molecule has 3 rings (SSSR count). The highest BCUT2D eigenvalue weighted by atomic mass is 16.5. The summed E-state index contributed by atoms with van der Waals surface area (Å²) < 4.78 is 21.7. The second kappa shape index (κ2) is 8.45. The molecule has 0 bridgehead atoms. The van der Waals surface area contributed by atoms with Crippen LogP contribution in [0.2, 0.25) is 0 Å². The Morgan fingerprint density at radius 2 is 1.72 bits per heavy atom. The zero-order valence-corrected chi connectivity index (χ0v) is 16.9. The van der Waals surface area contributed by atoms with Crippen LogP contribution in [0.1, 0.15) is 33.5 Å². The Morgan fingerprint density at radius 3 is 2.31 bits per heavy atom. The molecule has 7 nitrogen and oxygen atoms in total. The number of nitrogens with two attached hydrogens (primary N) is 1. The first-order valence-corrected chi connectivity index (χ1v) is 9.14. The molecule has 0 radical (unpaired) electrons. The second-order valence-corrected chi connectivity index (χ2v) is 6.65. The number of ether oxygens (including phenoxy) is 4. The van der Waals surface area contributed by atoms with E-state index in [1.165, 1.54) is 7.11 Å². The number of fused-ring (bicyclic) bond motifs is 1. The molecular formula is C22H25NO6. The van der Waals surface area contributed by atoms with Gasteiger partial charge in [-0.15, -0.1) is 0 Å². The summed E-state index contributed by atoms with van der Waals surface area (Å²) in [6.07, 6.45) is 2.32. The third kappa shape index (κ3) is 3.73. The van der Waals surface area contributed by atoms with E-state index in [1.54, 1.807) is 39.5 Å². The number of amides is 1. The van der Waals surface area contributed by atoms with Gasteiger partial charge in [0.05, 0.1) is 40.1 Å². The summed E-state index contributed by atoms with van der Waals surface area (Å²) in [4.78, 5) is 11.8. The number of primary amides is 1. The summed E-state index contributed by atoms with van der Waals surface area (Å²) in [6, 6.07) is 6.96. The fourth-order valence-electron chi connectivity index (χ4n) is 3.70. The Labute approximate surface area is 169 Å². The topological polar surface area (TPSA) is 100 Å². The van der Waals surface area contributed by atoms with Crippen molar-refractivity contribution >= 4 is 17.6 Å². The van der Waals surface area contributed by atoms with Crippen molar-refractivity contribution in [3.05, 3.63) is 46.5 Å². The highest BCUT2D eigenvalue weighted by molar-refractivity contribution is 5.97. The van der Waals surface area contributed by atoms with Crippen LogP contribution in [-0.2, 0) is 6.42 Å². The molecule has 0 heterocycles. The van der Waals surface area contributed by atoms with Crippen molar-refractivity contribution in [3.8, 4) is 23.0 Å². The molecule has 1 aliphatic rings. The zero-order valence-electron chi connectivity index (χ0n) is 16.9. The Kier molecular flexibility index (Phi) is 5.98. The SMILES string of the molecule is COc1ccc(/C=C2\c3cc(OC)c(OC)c(OC)c3CC[C@@H]2O)cc1C(N)=O. The van der Waals surface area contributed by atoms with Crippen molar-refractivity contribution < 1.29 is 28.8 Å². The lowest BCUT2D eigenvalue weighted by molar-refractivity contribution is 0.0997. The molecule has 0 aliphatic heterocycles. The number of carbonyl (C=O) groups is 1. The maximum Gasteiger partial charge on any atom is 0.252 e. The Hall–Kier alpha value is -3.19. The molecule has 3 N–H and O–H groups in total. The average molecular weight is 399 g/mol. The third-order valence-electron chi connectivity index (χ3n) is 5.08. The molecule has 2 aromatic carbocycles. The second-order valence-electron chi connectivity index (χ2n) is 6.65. The minimum absolute atomic E-state index is 0.275. The number of aliphatic hydroxyl groups excluding tert-OH is 1. The quantitative estimate of drug-likeness (QED) is 0.775. The molecule has 7 heteroatoms. The molecule has 0 spiro atoms. The molecular weight excluding hydrogens is 374 g/mol. The molecule has 1 aliphatic carbocycles. The van der Waals surface area contributed by atoms with Crippen LogP contribution in [0.3, 0.4) is 0 Å². The average Bonchev–Trinajstić information content (AvgIpc) is 2.73. The first kappa shape index (κ1) is 20.5. The molecule has 154 valence electrons. The van der Waals surface area contributed by atoms with Gasteiger partial charge in [-0.2, -0.15) is 0 Å². The van der Waals surface area contributed by atoms with Gasteiger partial charge in [-0.3, -0.25) is 4.79 Å². The van der Waals surface area contributed by atoms with Crippen LogP contribution in [0.5, 0.6) is 23.0 Å². The number of methoxy groups -OCH3 is 4. The summed E-state index contributed by atoms with van der Waals surface area (Å²) in [7, 11) is 6.17. The minimum atomic E-state index is -0.676. The van der Waals surface area contributed by atoms with Gasteiger partial charge in [-0.25, -0.2) is 0 Å². The van der Waals surface area contributed by atoms with Gasteiger partial charge in [0.25, 0.3) is 5.91 Å². The number of aliphatic hydroxyl groups is 1. The maximum atomic E-state index is 11.8. The fourth-order valence-corrected chi connectivity index (χ4v) is 3.70. The molecule has 0 unspecified atom stereocenters. The zero-order chi connectivity index (χ0) is 21.1. The van der Waals surface area contributed by atoms with Gasteiger partial charge in [0.1, 0.15) is 5.75 Å². The summed E-state index contributed by atoms with van der Waals surface area (Å²) in [5, 5.41) is 10.7. The van der Waals surface area contributed by atoms with Crippen molar-refractivity contribution in [1.29, 1.82) is 0 Å². The molecule has 29 heavy (non-hydrogen) atoms. The molecule has 0 saturated carbocycles. The lowest BCUT2D eigenvalue weighted by Crippen LogP contribution is -2.19. The normalized spacial score (nSPS) is 16.9. The molecule has 0 saturated heterocycles. The summed E-state index contributed by atoms with van der Waals surface area (Å²) in [6.45, 7) is 0. The Bertz CT molecular complexity index is 966. The Balaban J connectivity index is 2.20. The van der Waals surface area contributed by atoms with Gasteiger partial charge in [0, 0.05) is 5.56 Å². The molecule has 1 atom stereocenters. The van der Waals surface area contributed by atoms with Crippen molar-refractivity contribution in [2.45, 2.75) is 18.9 Å². The van der Waals surface area contributed by atoms with Crippen LogP contribution >= 0.6 is 0 Å². The number of benzene rings is 2. The van der Waals surface area contributed by atoms with E-state index >= 15 is 0 Å². The van der Waals surface area contributed by atoms with E-state index in [-0.39, 0.29) is 5.56 Å². The van der Waals surface area contributed by atoms with Crippen molar-refractivity contribution in [2.75, 3.05) is 28.4 Å². The number of hydrogen-bond donors (Lipinski definition) is 2. The lowest BCUT2D eigenvalue weighted by Gasteiger charge is -2.28. The van der Waals surface area contributed by atoms with Crippen LogP contribution < -0.4 is 24.7 Å². The van der Waals surface area contributed by atoms with Crippen molar-refractivity contribution in [3.63, 3.8) is 0 Å². The fraction of sp³-hybridized carbons (Fsp3) is 0.318. The molecule has 0 aromatic heterocycles. The van der Waals surface area contributed by atoms with Gasteiger partial charge in [-0.1, -0.05) is 6.07 Å². The molecule has 0 fully saturated rings. The van der Waals surface area contributed by atoms with Crippen molar-refractivity contribution in [1.82, 2.24) is 0 Å². The largest absolute Gasteiger partial charge is 0.496 e. The third-order valence-corrected chi connectivity index (χ3v) is 5.08. The van der Waals surface area contributed by atoms with Gasteiger partial charge >= 0.3 is 0 Å². The standard InChI is InChI=1S/C22H25NO6/c1-26-18-8-5-12(10-16(18)22(23)25)9-15-14-11-19(27-2)21(29-4)20(28-3)13(14)6-7-17(15)24/h5,8-11,17,24H,6-7H2,1-4H3,(H2,23,25)/b15-9+/t17-/m0/s1. The maximum absolute atomic E-state index is 11.8. The van der Waals surface area contributed by atoms with E-state index in [1.807, 2.05) is 12.1 Å². The van der Waals surface area contributed by atoms with Crippen LogP contribution in [0.4, 0.5) is 0 Å². The summed E-state index contributed by atoms with van der Waals surface area (Å²) in [5.41, 5.74) is 8.91. The van der Waals surface area contributed by atoms with Crippen molar-refractivity contribution in [2.24, 2.45) is 5.73 Å². The summed E-state index contributed by atoms with van der Waals surface area (Å²) >= 11 is 0. The number of carbonyl (C=O) groups excluding carboxylic acids is 1. The van der Waals surface area contributed by atoms with Gasteiger partial charge in [0.2, 0.25) is 5.75 Å². The molecule has 2 aromatic rings. The number of hydrogen-bond acceptors (Lipinski definition) is 6. The Morgan fingerprint density at radius 1 is 1.03 bits per heavy atom. The predicted molar refractivity (Wildman–Crippen MR) is 110 cm³/mol. The minimum Gasteiger partial charge on any atom is -0.496 e. The van der Waals surface area contributed by atoms with E-state index in [9.17, 15) is 9.90 Å². The predicted octanol–water partition coefficient (Wildman–Crippen LogP) is 2.67. The van der Waals surface area contributed by atoms with Crippen LogP contribution in [0.15, 0.2) is 24.3 Å². The first-order valence-electron chi connectivity index (χ1n) is 9.14. The van der Waals surface area contributed by atoms with Crippen LogP contribution in [0, 0.1) is 0 Å². The van der Waals surface area contributed by atoms with Gasteiger partial charge in [-0.05, 0) is 53.8 Å².